The van der Waals surface area contributed by atoms with Gasteiger partial charge >= 0.3 is 0 Å². The van der Waals surface area contributed by atoms with Crippen LogP contribution in [0.2, 0.25) is 0 Å². The normalized spacial score (nSPS) is 14.8. The molecular formula is C28H29FN6O2S. The van der Waals surface area contributed by atoms with Crippen LogP contribution in [0.4, 0.5) is 27.5 Å². The molecule has 0 amide bonds. The second-order valence-corrected chi connectivity index (χ2v) is 11.0. The van der Waals surface area contributed by atoms with Gasteiger partial charge in [-0.25, -0.2) is 17.8 Å². The molecule has 2 heterocycles. The van der Waals surface area contributed by atoms with Gasteiger partial charge in [-0.2, -0.15) is 9.29 Å². The van der Waals surface area contributed by atoms with Crippen LogP contribution in [0.15, 0.2) is 96.0 Å². The molecule has 196 valence electrons. The number of nitrogens with zero attached hydrogens (tertiary/aromatic N) is 3. The van der Waals surface area contributed by atoms with E-state index >= 15 is 0 Å². The molecule has 1 fully saturated rings. The van der Waals surface area contributed by atoms with Crippen molar-refractivity contribution in [2.24, 2.45) is 0 Å². The molecule has 10 heteroatoms. The first kappa shape index (κ1) is 25.8. The van der Waals surface area contributed by atoms with Gasteiger partial charge in [0.2, 0.25) is 16.0 Å². The summed E-state index contributed by atoms with van der Waals surface area (Å²) in [5.41, 5.74) is 2.57. The van der Waals surface area contributed by atoms with Crippen LogP contribution in [0, 0.1) is 5.82 Å². The predicted molar refractivity (Wildman–Crippen MR) is 147 cm³/mol. The van der Waals surface area contributed by atoms with E-state index in [9.17, 15) is 12.8 Å². The van der Waals surface area contributed by atoms with Crippen molar-refractivity contribution < 1.29 is 12.8 Å². The smallest absolute Gasteiger partial charge is 0.243 e. The van der Waals surface area contributed by atoms with Crippen molar-refractivity contribution in [3.05, 3.63) is 103 Å². The topological polar surface area (TPSA) is 99.2 Å². The highest BCUT2D eigenvalue weighted by Gasteiger charge is 2.29. The number of piperidine rings is 1. The monoisotopic (exact) mass is 532 g/mol. The number of sulfonamides is 1. The first-order valence-corrected chi connectivity index (χ1v) is 13.9. The SMILES string of the molecule is O=S(=O)(c1ccc(Nc2nccc(Nc3ccc(F)cc3)n2)cc1)N1CCC(NCc2ccccc2)CC1. The van der Waals surface area contributed by atoms with Crippen molar-refractivity contribution in [1.82, 2.24) is 19.6 Å². The van der Waals surface area contributed by atoms with E-state index in [2.05, 4.69) is 38.1 Å². The number of anilines is 4. The molecule has 3 N–H and O–H groups in total. The van der Waals surface area contributed by atoms with Crippen molar-refractivity contribution >= 4 is 33.2 Å². The first-order valence-electron chi connectivity index (χ1n) is 12.5. The third kappa shape index (κ3) is 6.52. The van der Waals surface area contributed by atoms with Crippen LogP contribution in [0.1, 0.15) is 18.4 Å². The highest BCUT2D eigenvalue weighted by molar-refractivity contribution is 7.89. The van der Waals surface area contributed by atoms with E-state index in [0.717, 1.165) is 19.4 Å². The first-order chi connectivity index (χ1) is 18.5. The molecule has 0 radical (unpaired) electrons. The van der Waals surface area contributed by atoms with E-state index in [4.69, 9.17) is 0 Å². The van der Waals surface area contributed by atoms with Crippen molar-refractivity contribution in [3.8, 4) is 0 Å². The largest absolute Gasteiger partial charge is 0.340 e. The van der Waals surface area contributed by atoms with E-state index in [1.54, 1.807) is 53.0 Å². The maximum atomic E-state index is 13.2. The zero-order chi connectivity index (χ0) is 26.4. The number of hydrogen-bond acceptors (Lipinski definition) is 7. The molecule has 0 atom stereocenters. The Kier molecular flexibility index (Phi) is 7.92. The molecule has 1 aliphatic rings. The van der Waals surface area contributed by atoms with Crippen molar-refractivity contribution in [1.29, 1.82) is 0 Å². The highest BCUT2D eigenvalue weighted by Crippen LogP contribution is 2.24. The van der Waals surface area contributed by atoms with Crippen LogP contribution < -0.4 is 16.0 Å². The Hall–Kier alpha value is -3.86. The molecule has 5 rings (SSSR count). The maximum absolute atomic E-state index is 13.2. The molecular weight excluding hydrogens is 503 g/mol. The van der Waals surface area contributed by atoms with Crippen LogP contribution >= 0.6 is 0 Å². The molecule has 3 aromatic carbocycles. The lowest BCUT2D eigenvalue weighted by Crippen LogP contribution is -2.44. The second kappa shape index (κ2) is 11.7. The van der Waals surface area contributed by atoms with Gasteiger partial charge in [0.15, 0.2) is 0 Å². The molecule has 38 heavy (non-hydrogen) atoms. The minimum Gasteiger partial charge on any atom is -0.340 e. The number of benzene rings is 3. The van der Waals surface area contributed by atoms with Crippen LogP contribution in [-0.4, -0.2) is 41.8 Å². The fourth-order valence-electron chi connectivity index (χ4n) is 4.32. The summed E-state index contributed by atoms with van der Waals surface area (Å²) in [4.78, 5) is 8.89. The van der Waals surface area contributed by atoms with Gasteiger partial charge in [0.1, 0.15) is 11.6 Å². The number of nitrogens with one attached hydrogen (secondary N) is 3. The Morgan fingerprint density at radius 3 is 2.21 bits per heavy atom. The molecule has 0 spiro atoms. The Bertz CT molecular complexity index is 1440. The minimum absolute atomic E-state index is 0.256. The molecule has 0 bridgehead atoms. The summed E-state index contributed by atoms with van der Waals surface area (Å²) < 4.78 is 41.1. The van der Waals surface area contributed by atoms with Gasteiger partial charge in [0, 0.05) is 43.2 Å². The average molecular weight is 533 g/mol. The number of halogens is 1. The molecule has 1 aliphatic heterocycles. The van der Waals surface area contributed by atoms with Gasteiger partial charge in [-0.3, -0.25) is 0 Å². The van der Waals surface area contributed by atoms with Gasteiger partial charge < -0.3 is 16.0 Å². The lowest BCUT2D eigenvalue weighted by atomic mass is 10.1. The molecule has 0 aliphatic carbocycles. The quantitative estimate of drug-likeness (QED) is 0.278. The lowest BCUT2D eigenvalue weighted by Gasteiger charge is -2.31. The molecule has 0 saturated carbocycles. The summed E-state index contributed by atoms with van der Waals surface area (Å²) in [6, 6.07) is 24.7. The molecule has 4 aromatic rings. The van der Waals surface area contributed by atoms with Crippen molar-refractivity contribution in [3.63, 3.8) is 0 Å². The third-order valence-electron chi connectivity index (χ3n) is 6.41. The van der Waals surface area contributed by atoms with Crippen molar-refractivity contribution in [2.45, 2.75) is 30.3 Å². The van der Waals surface area contributed by atoms with Crippen LogP contribution in [0.3, 0.4) is 0 Å². The zero-order valence-corrected chi connectivity index (χ0v) is 21.5. The Labute approximate surface area is 222 Å². The van der Waals surface area contributed by atoms with E-state index in [-0.39, 0.29) is 10.7 Å². The van der Waals surface area contributed by atoms with Gasteiger partial charge in [-0.15, -0.1) is 0 Å². The highest BCUT2D eigenvalue weighted by atomic mass is 32.2. The fraction of sp³-hybridized carbons (Fsp3) is 0.214. The lowest BCUT2D eigenvalue weighted by molar-refractivity contribution is 0.288. The average Bonchev–Trinajstić information content (AvgIpc) is 2.94. The van der Waals surface area contributed by atoms with Crippen LogP contribution in [0.25, 0.3) is 0 Å². The Morgan fingerprint density at radius 1 is 0.842 bits per heavy atom. The number of aromatic nitrogens is 2. The Morgan fingerprint density at radius 2 is 1.50 bits per heavy atom. The van der Waals surface area contributed by atoms with E-state index < -0.39 is 10.0 Å². The summed E-state index contributed by atoms with van der Waals surface area (Å²) in [5.74, 6) is 0.569. The molecule has 8 nitrogen and oxygen atoms in total. The molecule has 1 aromatic heterocycles. The summed E-state index contributed by atoms with van der Waals surface area (Å²) in [7, 11) is -3.58. The minimum atomic E-state index is -3.58. The van der Waals surface area contributed by atoms with Crippen LogP contribution in [-0.2, 0) is 16.6 Å². The second-order valence-electron chi connectivity index (χ2n) is 9.09. The molecule has 0 unspecified atom stereocenters. The summed E-state index contributed by atoms with van der Waals surface area (Å²) in [6.07, 6.45) is 3.13. The maximum Gasteiger partial charge on any atom is 0.243 e. The van der Waals surface area contributed by atoms with E-state index in [1.807, 2.05) is 18.2 Å². The Balaban J connectivity index is 1.16. The van der Waals surface area contributed by atoms with Crippen LogP contribution in [0.5, 0.6) is 0 Å². The van der Waals surface area contributed by atoms with E-state index in [1.165, 1.54) is 17.7 Å². The van der Waals surface area contributed by atoms with Gasteiger partial charge in [-0.1, -0.05) is 30.3 Å². The third-order valence-corrected chi connectivity index (χ3v) is 8.32. The van der Waals surface area contributed by atoms with Crippen molar-refractivity contribution in [2.75, 3.05) is 23.7 Å². The number of rotatable bonds is 9. The summed E-state index contributed by atoms with van der Waals surface area (Å²) in [6.45, 7) is 1.74. The fourth-order valence-corrected chi connectivity index (χ4v) is 5.79. The van der Waals surface area contributed by atoms with Gasteiger partial charge in [0.25, 0.3) is 0 Å². The standard InChI is InChI=1S/C28H29FN6O2S/c29-22-6-8-24(9-7-22)32-27-14-17-30-28(34-27)33-25-10-12-26(13-11-25)38(36,37)35-18-15-23(16-19-35)31-20-21-4-2-1-3-5-21/h1-14,17,23,31H,15-16,18-20H2,(H2,30,32,33,34). The summed E-state index contributed by atoms with van der Waals surface area (Å²) >= 11 is 0. The molecule has 1 saturated heterocycles. The van der Waals surface area contributed by atoms with E-state index in [0.29, 0.717) is 42.3 Å². The number of hydrogen-bond donors (Lipinski definition) is 3. The van der Waals surface area contributed by atoms with Gasteiger partial charge in [0.05, 0.1) is 4.90 Å². The summed E-state index contributed by atoms with van der Waals surface area (Å²) in [5, 5.41) is 9.73. The predicted octanol–water partition coefficient (Wildman–Crippen LogP) is 5.05. The zero-order valence-electron chi connectivity index (χ0n) is 20.7. The van der Waals surface area contributed by atoms with Gasteiger partial charge in [-0.05, 0) is 73.0 Å².